The third-order valence-corrected chi connectivity index (χ3v) is 2.59. The Bertz CT molecular complexity index is 396. The van der Waals surface area contributed by atoms with Crippen LogP contribution in [-0.4, -0.2) is 13.9 Å². The summed E-state index contributed by atoms with van der Waals surface area (Å²) in [5.41, 5.74) is 7.78. The van der Waals surface area contributed by atoms with Gasteiger partial charge in [-0.05, 0) is 37.1 Å². The van der Waals surface area contributed by atoms with Gasteiger partial charge in [0.25, 0.3) is 0 Å². The molecule has 1 aromatic carbocycles. The second-order valence-electron chi connectivity index (χ2n) is 4.52. The average Bonchev–Trinajstić information content (AvgIpc) is 2.62. The molecule has 0 atom stereocenters. The van der Waals surface area contributed by atoms with Crippen LogP contribution in [-0.2, 0) is 16.9 Å². The smallest absolute Gasteiger partial charge is 0.231 e. The van der Waals surface area contributed by atoms with Gasteiger partial charge in [-0.15, -0.1) is 0 Å². The first-order valence-corrected chi connectivity index (χ1v) is 5.23. The summed E-state index contributed by atoms with van der Waals surface area (Å²) in [7, 11) is 1.66. The Morgan fingerprint density at radius 1 is 1.31 bits per heavy atom. The van der Waals surface area contributed by atoms with E-state index in [1.807, 2.05) is 26.0 Å². The van der Waals surface area contributed by atoms with Gasteiger partial charge in [0.1, 0.15) is 0 Å². The van der Waals surface area contributed by atoms with Crippen LogP contribution in [0.25, 0.3) is 0 Å². The van der Waals surface area contributed by atoms with Crippen molar-refractivity contribution in [2.24, 2.45) is 5.73 Å². The standard InChI is InChI=1S/C12H17NO3/c1-12(2,13)9-5-11-10(15-7-16-11)4-8(9)6-14-3/h4-5H,6-7,13H2,1-3H3. The SMILES string of the molecule is COCc1cc2c(cc1C(C)(C)N)OCO2. The molecular weight excluding hydrogens is 206 g/mol. The van der Waals surface area contributed by atoms with Gasteiger partial charge in [0, 0.05) is 12.6 Å². The summed E-state index contributed by atoms with van der Waals surface area (Å²) in [4.78, 5) is 0. The summed E-state index contributed by atoms with van der Waals surface area (Å²) in [5, 5.41) is 0. The summed E-state index contributed by atoms with van der Waals surface area (Å²) >= 11 is 0. The number of rotatable bonds is 3. The van der Waals surface area contributed by atoms with E-state index >= 15 is 0 Å². The molecule has 4 nitrogen and oxygen atoms in total. The molecule has 1 aliphatic rings. The van der Waals surface area contributed by atoms with E-state index in [4.69, 9.17) is 19.9 Å². The highest BCUT2D eigenvalue weighted by Crippen LogP contribution is 2.37. The molecular formula is C12H17NO3. The molecule has 1 heterocycles. The number of ether oxygens (including phenoxy) is 3. The molecule has 0 radical (unpaired) electrons. The molecule has 2 N–H and O–H groups in total. The Morgan fingerprint density at radius 3 is 2.50 bits per heavy atom. The van der Waals surface area contributed by atoms with Crippen LogP contribution in [0.15, 0.2) is 12.1 Å². The number of benzene rings is 1. The van der Waals surface area contributed by atoms with Gasteiger partial charge < -0.3 is 19.9 Å². The van der Waals surface area contributed by atoms with Crippen LogP contribution in [0.5, 0.6) is 11.5 Å². The van der Waals surface area contributed by atoms with Crippen molar-refractivity contribution in [1.29, 1.82) is 0 Å². The largest absolute Gasteiger partial charge is 0.454 e. The van der Waals surface area contributed by atoms with E-state index in [-0.39, 0.29) is 6.79 Å². The van der Waals surface area contributed by atoms with Crippen molar-refractivity contribution in [3.05, 3.63) is 23.3 Å². The summed E-state index contributed by atoms with van der Waals surface area (Å²) in [6, 6.07) is 3.88. The zero-order valence-electron chi connectivity index (χ0n) is 9.87. The Kier molecular flexibility index (Phi) is 2.78. The van der Waals surface area contributed by atoms with Gasteiger partial charge in [0.2, 0.25) is 6.79 Å². The fourth-order valence-electron chi connectivity index (χ4n) is 1.86. The topological polar surface area (TPSA) is 53.7 Å². The molecule has 0 spiro atoms. The molecule has 0 saturated heterocycles. The van der Waals surface area contributed by atoms with E-state index in [0.29, 0.717) is 6.61 Å². The monoisotopic (exact) mass is 223 g/mol. The Balaban J connectivity index is 2.49. The highest BCUT2D eigenvalue weighted by atomic mass is 16.7. The van der Waals surface area contributed by atoms with Crippen molar-refractivity contribution in [1.82, 2.24) is 0 Å². The first-order chi connectivity index (χ1) is 7.52. The normalized spacial score (nSPS) is 14.2. The van der Waals surface area contributed by atoms with Crippen LogP contribution in [0.1, 0.15) is 25.0 Å². The molecule has 16 heavy (non-hydrogen) atoms. The molecule has 2 rings (SSSR count). The van der Waals surface area contributed by atoms with Gasteiger partial charge in [-0.1, -0.05) is 0 Å². The summed E-state index contributed by atoms with van der Waals surface area (Å²) in [6.07, 6.45) is 0. The number of hydrogen-bond donors (Lipinski definition) is 1. The zero-order valence-corrected chi connectivity index (χ0v) is 9.87. The Labute approximate surface area is 95.3 Å². The molecule has 1 aliphatic heterocycles. The predicted octanol–water partition coefficient (Wildman–Crippen LogP) is 1.76. The maximum atomic E-state index is 6.13. The van der Waals surface area contributed by atoms with Gasteiger partial charge in [-0.3, -0.25) is 0 Å². The van der Waals surface area contributed by atoms with E-state index in [1.165, 1.54) is 0 Å². The molecule has 0 amide bonds. The molecule has 0 aliphatic carbocycles. The second kappa shape index (κ2) is 3.96. The molecule has 1 aromatic rings. The predicted molar refractivity (Wildman–Crippen MR) is 60.5 cm³/mol. The molecule has 0 saturated carbocycles. The number of nitrogens with two attached hydrogens (primary N) is 1. The lowest BCUT2D eigenvalue weighted by atomic mass is 9.90. The maximum Gasteiger partial charge on any atom is 0.231 e. The third kappa shape index (κ3) is 1.99. The lowest BCUT2D eigenvalue weighted by Crippen LogP contribution is -2.30. The first kappa shape index (κ1) is 11.2. The van der Waals surface area contributed by atoms with Gasteiger partial charge in [0.05, 0.1) is 6.61 Å². The fraction of sp³-hybridized carbons (Fsp3) is 0.500. The van der Waals surface area contributed by atoms with Crippen LogP contribution < -0.4 is 15.2 Å². The lowest BCUT2D eigenvalue weighted by Gasteiger charge is -2.23. The van der Waals surface area contributed by atoms with E-state index in [0.717, 1.165) is 22.6 Å². The van der Waals surface area contributed by atoms with E-state index in [2.05, 4.69) is 0 Å². The van der Waals surface area contributed by atoms with Crippen LogP contribution in [0.3, 0.4) is 0 Å². The maximum absolute atomic E-state index is 6.13. The van der Waals surface area contributed by atoms with Gasteiger partial charge in [0.15, 0.2) is 11.5 Å². The first-order valence-electron chi connectivity index (χ1n) is 5.23. The summed E-state index contributed by atoms with van der Waals surface area (Å²) in [6.45, 7) is 4.72. The molecule has 0 bridgehead atoms. The fourth-order valence-corrected chi connectivity index (χ4v) is 1.86. The molecule has 4 heteroatoms. The van der Waals surface area contributed by atoms with Crippen molar-refractivity contribution in [3.8, 4) is 11.5 Å². The summed E-state index contributed by atoms with van der Waals surface area (Å²) < 4.78 is 15.9. The van der Waals surface area contributed by atoms with Crippen molar-refractivity contribution < 1.29 is 14.2 Å². The minimum atomic E-state index is -0.422. The van der Waals surface area contributed by atoms with Gasteiger partial charge >= 0.3 is 0 Å². The van der Waals surface area contributed by atoms with Gasteiger partial charge in [-0.25, -0.2) is 0 Å². The lowest BCUT2D eigenvalue weighted by molar-refractivity contribution is 0.173. The molecule has 0 unspecified atom stereocenters. The van der Waals surface area contributed by atoms with E-state index < -0.39 is 5.54 Å². The summed E-state index contributed by atoms with van der Waals surface area (Å²) in [5.74, 6) is 1.52. The van der Waals surface area contributed by atoms with Crippen molar-refractivity contribution >= 4 is 0 Å². The van der Waals surface area contributed by atoms with E-state index in [1.54, 1.807) is 7.11 Å². The van der Waals surface area contributed by atoms with Crippen LogP contribution >= 0.6 is 0 Å². The number of methoxy groups -OCH3 is 1. The number of fused-ring (bicyclic) bond motifs is 1. The van der Waals surface area contributed by atoms with Crippen LogP contribution in [0.4, 0.5) is 0 Å². The van der Waals surface area contributed by atoms with Crippen molar-refractivity contribution in [3.63, 3.8) is 0 Å². The third-order valence-electron chi connectivity index (χ3n) is 2.59. The van der Waals surface area contributed by atoms with Crippen LogP contribution in [0.2, 0.25) is 0 Å². The van der Waals surface area contributed by atoms with E-state index in [9.17, 15) is 0 Å². The highest BCUT2D eigenvalue weighted by molar-refractivity contribution is 5.50. The highest BCUT2D eigenvalue weighted by Gasteiger charge is 2.24. The average molecular weight is 223 g/mol. The van der Waals surface area contributed by atoms with Crippen LogP contribution in [0, 0.1) is 0 Å². The Hall–Kier alpha value is -1.26. The van der Waals surface area contributed by atoms with Crippen molar-refractivity contribution in [2.45, 2.75) is 26.0 Å². The molecule has 0 fully saturated rings. The minimum Gasteiger partial charge on any atom is -0.454 e. The zero-order chi connectivity index (χ0) is 11.8. The second-order valence-corrected chi connectivity index (χ2v) is 4.52. The molecule has 88 valence electrons. The Morgan fingerprint density at radius 2 is 1.94 bits per heavy atom. The van der Waals surface area contributed by atoms with Crippen molar-refractivity contribution in [2.75, 3.05) is 13.9 Å². The number of hydrogen-bond acceptors (Lipinski definition) is 4. The molecule has 0 aromatic heterocycles. The minimum absolute atomic E-state index is 0.274. The quantitative estimate of drug-likeness (QED) is 0.848. The van der Waals surface area contributed by atoms with Gasteiger partial charge in [-0.2, -0.15) is 0 Å².